The Labute approximate surface area is 155 Å². The Balaban J connectivity index is 1.86. The van der Waals surface area contributed by atoms with Gasteiger partial charge in [-0.3, -0.25) is 0 Å². The second-order valence-electron chi connectivity index (χ2n) is 8.78. The first-order valence-corrected chi connectivity index (χ1v) is 10.2. The second-order valence-corrected chi connectivity index (χ2v) is 8.78. The lowest BCUT2D eigenvalue weighted by Gasteiger charge is -2.39. The van der Waals surface area contributed by atoms with Crippen LogP contribution in [0.2, 0.25) is 0 Å². The standard InChI is InChI=1S/C22H38N2O/c1-22(2)18-21(12-16-25-22)20(17-19-9-6-5-7-10-19)11-14-23-13-8-15-24(3)4/h5-7,9-10,20-21,23H,8,11-18H2,1-4H3/p+2/t20-,21-/m0/s1. The topological polar surface area (TPSA) is 30.3 Å². The summed E-state index contributed by atoms with van der Waals surface area (Å²) in [6.45, 7) is 9.25. The Morgan fingerprint density at radius 3 is 2.64 bits per heavy atom. The lowest BCUT2D eigenvalue weighted by atomic mass is 9.75. The Kier molecular flexibility index (Phi) is 8.41. The van der Waals surface area contributed by atoms with Crippen LogP contribution in [0, 0.1) is 11.8 Å². The third kappa shape index (κ3) is 7.89. The van der Waals surface area contributed by atoms with Gasteiger partial charge in [0.15, 0.2) is 0 Å². The van der Waals surface area contributed by atoms with Crippen LogP contribution in [-0.2, 0) is 11.2 Å². The minimum absolute atomic E-state index is 0.0516. The molecule has 142 valence electrons. The van der Waals surface area contributed by atoms with E-state index in [1.165, 1.54) is 57.3 Å². The number of rotatable bonds is 10. The van der Waals surface area contributed by atoms with E-state index in [9.17, 15) is 0 Å². The average molecular weight is 349 g/mol. The van der Waals surface area contributed by atoms with Crippen molar-refractivity contribution in [2.75, 3.05) is 40.3 Å². The monoisotopic (exact) mass is 348 g/mol. The molecule has 0 aromatic heterocycles. The zero-order valence-electron chi connectivity index (χ0n) is 16.9. The van der Waals surface area contributed by atoms with E-state index >= 15 is 0 Å². The maximum Gasteiger partial charge on any atom is 0.0821 e. The first-order valence-electron chi connectivity index (χ1n) is 10.2. The first-order chi connectivity index (χ1) is 12.0. The molecule has 1 aromatic rings. The quantitative estimate of drug-likeness (QED) is 0.617. The highest BCUT2D eigenvalue weighted by molar-refractivity contribution is 5.15. The summed E-state index contributed by atoms with van der Waals surface area (Å²) in [5, 5.41) is 2.53. The van der Waals surface area contributed by atoms with E-state index in [4.69, 9.17) is 4.74 Å². The Bertz CT molecular complexity index is 472. The maximum absolute atomic E-state index is 5.97. The van der Waals surface area contributed by atoms with Crippen molar-refractivity contribution < 1.29 is 15.0 Å². The number of nitrogens with one attached hydrogen (secondary N) is 1. The average Bonchev–Trinajstić information content (AvgIpc) is 2.56. The van der Waals surface area contributed by atoms with E-state index in [0.29, 0.717) is 0 Å². The van der Waals surface area contributed by atoms with Crippen LogP contribution in [0.25, 0.3) is 0 Å². The second kappa shape index (κ2) is 10.3. The Hall–Kier alpha value is -0.900. The fourth-order valence-corrected chi connectivity index (χ4v) is 4.18. The van der Waals surface area contributed by atoms with Crippen LogP contribution in [0.4, 0.5) is 0 Å². The molecule has 1 aromatic carbocycles. The number of nitrogens with two attached hydrogens (primary N) is 1. The molecule has 3 nitrogen and oxygen atoms in total. The van der Waals surface area contributed by atoms with Crippen LogP contribution in [0.5, 0.6) is 0 Å². The molecule has 0 bridgehead atoms. The predicted molar refractivity (Wildman–Crippen MR) is 105 cm³/mol. The summed E-state index contributed by atoms with van der Waals surface area (Å²) < 4.78 is 5.97. The molecule has 0 spiro atoms. The minimum Gasteiger partial charge on any atom is -0.376 e. The SMILES string of the molecule is C[NH+](C)CCC[NH2+]CC[C@@H](Cc1ccccc1)[C@H]1CCOC(C)(C)C1. The van der Waals surface area contributed by atoms with Crippen molar-refractivity contribution in [1.29, 1.82) is 0 Å². The van der Waals surface area contributed by atoms with Crippen LogP contribution < -0.4 is 10.2 Å². The highest BCUT2D eigenvalue weighted by Crippen LogP contribution is 2.36. The number of hydrogen-bond donors (Lipinski definition) is 2. The lowest BCUT2D eigenvalue weighted by Crippen LogP contribution is -3.06. The molecular formula is C22H40N2O+2. The molecular weight excluding hydrogens is 308 g/mol. The van der Waals surface area contributed by atoms with Crippen molar-refractivity contribution in [1.82, 2.24) is 0 Å². The van der Waals surface area contributed by atoms with Gasteiger partial charge in [0.25, 0.3) is 0 Å². The van der Waals surface area contributed by atoms with Crippen LogP contribution in [-0.4, -0.2) is 45.9 Å². The largest absolute Gasteiger partial charge is 0.376 e. The van der Waals surface area contributed by atoms with Crippen LogP contribution >= 0.6 is 0 Å². The van der Waals surface area contributed by atoms with E-state index < -0.39 is 0 Å². The summed E-state index contributed by atoms with van der Waals surface area (Å²) >= 11 is 0. The highest BCUT2D eigenvalue weighted by Gasteiger charge is 2.33. The zero-order chi connectivity index (χ0) is 18.1. The van der Waals surface area contributed by atoms with Gasteiger partial charge in [-0.1, -0.05) is 30.3 Å². The van der Waals surface area contributed by atoms with Gasteiger partial charge < -0.3 is 15.0 Å². The van der Waals surface area contributed by atoms with Crippen molar-refractivity contribution in [3.63, 3.8) is 0 Å². The Morgan fingerprint density at radius 2 is 1.96 bits per heavy atom. The molecule has 1 heterocycles. The molecule has 3 N–H and O–H groups in total. The van der Waals surface area contributed by atoms with Crippen molar-refractivity contribution >= 4 is 0 Å². The lowest BCUT2D eigenvalue weighted by molar-refractivity contribution is -0.860. The molecule has 0 radical (unpaired) electrons. The fraction of sp³-hybridized carbons (Fsp3) is 0.727. The van der Waals surface area contributed by atoms with Gasteiger partial charge in [0.05, 0.1) is 39.3 Å². The van der Waals surface area contributed by atoms with Crippen molar-refractivity contribution in [3.8, 4) is 0 Å². The van der Waals surface area contributed by atoms with Crippen LogP contribution in [0.1, 0.15) is 45.1 Å². The van der Waals surface area contributed by atoms with E-state index in [0.717, 1.165) is 18.4 Å². The van der Waals surface area contributed by atoms with Gasteiger partial charge in [-0.25, -0.2) is 0 Å². The summed E-state index contributed by atoms with van der Waals surface area (Å²) in [7, 11) is 4.48. The summed E-state index contributed by atoms with van der Waals surface area (Å²) in [5.41, 5.74) is 1.55. The van der Waals surface area contributed by atoms with Gasteiger partial charge in [0.2, 0.25) is 0 Å². The van der Waals surface area contributed by atoms with E-state index in [1.54, 1.807) is 4.90 Å². The van der Waals surface area contributed by atoms with Gasteiger partial charge >= 0.3 is 0 Å². The minimum atomic E-state index is 0.0516. The van der Waals surface area contributed by atoms with Gasteiger partial charge in [-0.15, -0.1) is 0 Å². The number of quaternary nitrogens is 2. The molecule has 0 saturated carbocycles. The first kappa shape index (κ1) is 20.4. The van der Waals surface area contributed by atoms with E-state index in [2.05, 4.69) is 63.6 Å². The third-order valence-electron chi connectivity index (χ3n) is 5.57. The molecule has 2 atom stereocenters. The summed E-state index contributed by atoms with van der Waals surface area (Å²) in [5.74, 6) is 1.57. The normalized spacial score (nSPS) is 21.4. The smallest absolute Gasteiger partial charge is 0.0821 e. The number of hydrogen-bond acceptors (Lipinski definition) is 1. The molecule has 3 heteroatoms. The zero-order valence-corrected chi connectivity index (χ0v) is 16.9. The summed E-state index contributed by atoms with van der Waals surface area (Å²) in [4.78, 5) is 1.56. The molecule has 25 heavy (non-hydrogen) atoms. The molecule has 2 rings (SSSR count). The van der Waals surface area contributed by atoms with E-state index in [-0.39, 0.29) is 5.60 Å². The molecule has 0 amide bonds. The molecule has 1 fully saturated rings. The fourth-order valence-electron chi connectivity index (χ4n) is 4.18. The van der Waals surface area contributed by atoms with Crippen molar-refractivity contribution in [2.45, 2.75) is 51.6 Å². The van der Waals surface area contributed by atoms with Gasteiger partial charge in [0.1, 0.15) is 0 Å². The van der Waals surface area contributed by atoms with Crippen molar-refractivity contribution in [2.24, 2.45) is 11.8 Å². The highest BCUT2D eigenvalue weighted by atomic mass is 16.5. The van der Waals surface area contributed by atoms with Gasteiger partial charge in [-0.2, -0.15) is 0 Å². The predicted octanol–water partition coefficient (Wildman–Crippen LogP) is 1.54. The van der Waals surface area contributed by atoms with Crippen LogP contribution in [0.3, 0.4) is 0 Å². The summed E-state index contributed by atoms with van der Waals surface area (Å²) in [6.07, 6.45) is 6.29. The van der Waals surface area contributed by atoms with E-state index in [1.807, 2.05) is 0 Å². The van der Waals surface area contributed by atoms with Crippen molar-refractivity contribution in [3.05, 3.63) is 35.9 Å². The molecule has 1 saturated heterocycles. The van der Waals surface area contributed by atoms with Gasteiger partial charge in [-0.05, 0) is 56.9 Å². The molecule has 1 aliphatic heterocycles. The molecule has 0 aliphatic carbocycles. The molecule has 1 aliphatic rings. The summed E-state index contributed by atoms with van der Waals surface area (Å²) in [6, 6.07) is 11.1. The van der Waals surface area contributed by atoms with Crippen LogP contribution in [0.15, 0.2) is 30.3 Å². The number of benzene rings is 1. The van der Waals surface area contributed by atoms with Gasteiger partial charge in [0, 0.05) is 13.0 Å². The number of ether oxygens (including phenoxy) is 1. The molecule has 0 unspecified atom stereocenters. The third-order valence-corrected chi connectivity index (χ3v) is 5.57. The Morgan fingerprint density at radius 1 is 1.20 bits per heavy atom. The maximum atomic E-state index is 5.97.